The van der Waals surface area contributed by atoms with Crippen LogP contribution in [0.15, 0.2) is 77.7 Å². The predicted octanol–water partition coefficient (Wildman–Crippen LogP) is 4.97. The highest BCUT2D eigenvalue weighted by Crippen LogP contribution is 2.34. The number of halogens is 2. The number of benzene rings is 3. The van der Waals surface area contributed by atoms with Gasteiger partial charge in [-0.25, -0.2) is 18.2 Å². The molecule has 0 aliphatic heterocycles. The van der Waals surface area contributed by atoms with Crippen LogP contribution in [0.1, 0.15) is 10.4 Å². The maximum atomic E-state index is 12.2. The van der Waals surface area contributed by atoms with Gasteiger partial charge in [-0.2, -0.15) is 5.10 Å². The molecule has 2 N–H and O–H groups in total. The molecular formula is C22H15Cl2N3O3S. The van der Waals surface area contributed by atoms with Crippen LogP contribution in [0.4, 0.5) is 0 Å². The van der Waals surface area contributed by atoms with Gasteiger partial charge < -0.3 is 0 Å². The van der Waals surface area contributed by atoms with E-state index in [1.165, 1.54) is 12.1 Å². The largest absolute Gasteiger partial charge is 0.298 e. The summed E-state index contributed by atoms with van der Waals surface area (Å²) < 4.78 is 24.8. The van der Waals surface area contributed by atoms with Crippen molar-refractivity contribution in [2.45, 2.75) is 4.90 Å². The number of hydrogen-bond donors (Lipinski definition) is 1. The van der Waals surface area contributed by atoms with Crippen molar-refractivity contribution in [3.63, 3.8) is 0 Å². The average molecular weight is 472 g/mol. The molecule has 4 rings (SSSR count). The van der Waals surface area contributed by atoms with Crippen LogP contribution in [0.3, 0.4) is 0 Å². The molecule has 0 bridgehead atoms. The van der Waals surface area contributed by atoms with E-state index in [2.05, 4.69) is 5.10 Å². The van der Waals surface area contributed by atoms with Crippen molar-refractivity contribution in [3.05, 3.63) is 88.4 Å². The van der Waals surface area contributed by atoms with E-state index in [9.17, 15) is 13.2 Å². The Labute approximate surface area is 188 Å². The van der Waals surface area contributed by atoms with Gasteiger partial charge in [0.25, 0.3) is 0 Å². The molecule has 0 fully saturated rings. The third-order valence-corrected chi connectivity index (χ3v) is 6.12. The molecule has 0 saturated heterocycles. The molecule has 1 heterocycles. The Morgan fingerprint density at radius 3 is 1.81 bits per heavy atom. The van der Waals surface area contributed by atoms with Crippen molar-refractivity contribution in [2.24, 2.45) is 5.14 Å². The smallest absolute Gasteiger partial charge is 0.238 e. The molecule has 4 aromatic rings. The predicted molar refractivity (Wildman–Crippen MR) is 121 cm³/mol. The van der Waals surface area contributed by atoms with E-state index in [4.69, 9.17) is 28.3 Å². The lowest BCUT2D eigenvalue weighted by atomic mass is 10.0. The summed E-state index contributed by atoms with van der Waals surface area (Å²) in [5.41, 5.74) is 3.37. The normalized spacial score (nSPS) is 11.5. The average Bonchev–Trinajstić information content (AvgIpc) is 3.14. The zero-order valence-corrected chi connectivity index (χ0v) is 18.2. The highest BCUT2D eigenvalue weighted by molar-refractivity contribution is 7.89. The summed E-state index contributed by atoms with van der Waals surface area (Å²) >= 11 is 12.0. The van der Waals surface area contributed by atoms with Gasteiger partial charge in [0.05, 0.1) is 21.8 Å². The molecule has 156 valence electrons. The number of carbonyl (C=O) groups excluding carboxylic acids is 1. The van der Waals surface area contributed by atoms with Crippen LogP contribution in [-0.4, -0.2) is 24.5 Å². The number of sulfonamides is 1. The number of carbonyl (C=O) groups is 1. The summed E-state index contributed by atoms with van der Waals surface area (Å²) in [6.07, 6.45) is 0.746. The van der Waals surface area contributed by atoms with Gasteiger partial charge >= 0.3 is 0 Å². The van der Waals surface area contributed by atoms with Crippen molar-refractivity contribution >= 4 is 39.5 Å². The van der Waals surface area contributed by atoms with Gasteiger partial charge in [0.1, 0.15) is 5.69 Å². The summed E-state index contributed by atoms with van der Waals surface area (Å²) in [5, 5.41) is 11.0. The van der Waals surface area contributed by atoms with Gasteiger partial charge in [-0.15, -0.1) is 0 Å². The minimum Gasteiger partial charge on any atom is -0.298 e. The number of aldehydes is 1. The van der Waals surface area contributed by atoms with E-state index in [0.29, 0.717) is 38.2 Å². The molecule has 0 atom stereocenters. The fourth-order valence-electron chi connectivity index (χ4n) is 3.21. The van der Waals surface area contributed by atoms with E-state index in [0.717, 1.165) is 11.8 Å². The van der Waals surface area contributed by atoms with Crippen LogP contribution in [0.25, 0.3) is 28.2 Å². The lowest BCUT2D eigenvalue weighted by molar-refractivity contribution is 0.112. The van der Waals surface area contributed by atoms with E-state index in [1.54, 1.807) is 65.3 Å². The summed E-state index contributed by atoms with van der Waals surface area (Å²) in [4.78, 5) is 12.1. The van der Waals surface area contributed by atoms with Crippen molar-refractivity contribution < 1.29 is 13.2 Å². The topological polar surface area (TPSA) is 95.1 Å². The Morgan fingerprint density at radius 1 is 0.806 bits per heavy atom. The monoisotopic (exact) mass is 471 g/mol. The molecule has 0 radical (unpaired) electrons. The fraction of sp³-hybridized carbons (Fsp3) is 0. The number of nitrogens with two attached hydrogens (primary N) is 1. The van der Waals surface area contributed by atoms with Crippen LogP contribution < -0.4 is 5.14 Å². The summed E-state index contributed by atoms with van der Waals surface area (Å²) in [5.74, 6) is 0. The van der Waals surface area contributed by atoms with Crippen molar-refractivity contribution in [1.82, 2.24) is 9.78 Å². The first-order valence-electron chi connectivity index (χ1n) is 9.01. The van der Waals surface area contributed by atoms with Gasteiger partial charge in [-0.1, -0.05) is 47.5 Å². The first kappa shape index (κ1) is 21.3. The quantitative estimate of drug-likeness (QED) is 0.415. The van der Waals surface area contributed by atoms with Gasteiger partial charge in [-0.05, 0) is 48.5 Å². The van der Waals surface area contributed by atoms with Crippen molar-refractivity contribution in [3.8, 4) is 28.2 Å². The Bertz CT molecular complexity index is 1360. The van der Waals surface area contributed by atoms with Gasteiger partial charge in [-0.3, -0.25) is 4.79 Å². The molecule has 1 aromatic heterocycles. The Balaban J connectivity index is 1.97. The lowest BCUT2D eigenvalue weighted by Crippen LogP contribution is -2.12. The second-order valence-electron chi connectivity index (χ2n) is 6.69. The maximum Gasteiger partial charge on any atom is 0.238 e. The number of primary sulfonamides is 1. The second-order valence-corrected chi connectivity index (χ2v) is 9.13. The standard InChI is InChI=1S/C22H15Cl2N3O3S/c23-16-5-1-14(2-6-16)21-20(13-28)22(15-3-7-17(24)8-4-15)27(26-21)18-9-11-19(12-10-18)31(25,29)30/h1-13H,(H2,25,29,30). The fourth-order valence-corrected chi connectivity index (χ4v) is 3.98. The molecule has 0 aliphatic carbocycles. The Morgan fingerprint density at radius 2 is 1.32 bits per heavy atom. The highest BCUT2D eigenvalue weighted by atomic mass is 35.5. The van der Waals surface area contributed by atoms with Crippen molar-refractivity contribution in [2.75, 3.05) is 0 Å². The number of aromatic nitrogens is 2. The van der Waals surface area contributed by atoms with E-state index in [1.807, 2.05) is 0 Å². The molecule has 6 nitrogen and oxygen atoms in total. The zero-order valence-electron chi connectivity index (χ0n) is 15.9. The molecule has 0 saturated carbocycles. The van der Waals surface area contributed by atoms with Crippen LogP contribution in [0.2, 0.25) is 10.0 Å². The highest BCUT2D eigenvalue weighted by Gasteiger charge is 2.21. The molecule has 31 heavy (non-hydrogen) atoms. The Hall–Kier alpha value is -2.97. The maximum absolute atomic E-state index is 12.2. The molecule has 0 aliphatic rings. The van der Waals surface area contributed by atoms with Gasteiger partial charge in [0.2, 0.25) is 10.0 Å². The van der Waals surface area contributed by atoms with Crippen LogP contribution in [0, 0.1) is 0 Å². The summed E-state index contributed by atoms with van der Waals surface area (Å²) in [6, 6.07) is 19.9. The zero-order chi connectivity index (χ0) is 22.2. The number of hydrogen-bond acceptors (Lipinski definition) is 4. The minimum atomic E-state index is -3.84. The second kappa shape index (κ2) is 8.28. The van der Waals surface area contributed by atoms with Crippen LogP contribution in [-0.2, 0) is 10.0 Å². The summed E-state index contributed by atoms with van der Waals surface area (Å²) in [6.45, 7) is 0. The molecule has 0 amide bonds. The SMILES string of the molecule is NS(=O)(=O)c1ccc(-n2nc(-c3ccc(Cl)cc3)c(C=O)c2-c2ccc(Cl)cc2)cc1. The third-order valence-electron chi connectivity index (χ3n) is 4.69. The first-order valence-corrected chi connectivity index (χ1v) is 11.3. The van der Waals surface area contributed by atoms with Crippen LogP contribution >= 0.6 is 23.2 Å². The number of rotatable bonds is 5. The van der Waals surface area contributed by atoms with E-state index in [-0.39, 0.29) is 4.90 Å². The molecule has 9 heteroatoms. The molecular weight excluding hydrogens is 457 g/mol. The van der Waals surface area contributed by atoms with Gasteiger partial charge in [0, 0.05) is 21.2 Å². The van der Waals surface area contributed by atoms with Gasteiger partial charge in [0.15, 0.2) is 6.29 Å². The van der Waals surface area contributed by atoms with Crippen molar-refractivity contribution in [1.29, 1.82) is 0 Å². The van der Waals surface area contributed by atoms with E-state index >= 15 is 0 Å². The molecule has 3 aromatic carbocycles. The Kier molecular flexibility index (Phi) is 5.68. The van der Waals surface area contributed by atoms with Crippen LogP contribution in [0.5, 0.6) is 0 Å². The lowest BCUT2D eigenvalue weighted by Gasteiger charge is -2.09. The third kappa shape index (κ3) is 4.26. The number of nitrogens with zero attached hydrogens (tertiary/aromatic N) is 2. The molecule has 0 spiro atoms. The van der Waals surface area contributed by atoms with E-state index < -0.39 is 10.0 Å². The minimum absolute atomic E-state index is 0.0232. The summed E-state index contributed by atoms with van der Waals surface area (Å²) in [7, 11) is -3.84. The molecule has 0 unspecified atom stereocenters. The first-order chi connectivity index (χ1) is 14.8.